The molecule has 0 saturated heterocycles. The van der Waals surface area contributed by atoms with Gasteiger partial charge in [-0.25, -0.2) is 4.79 Å². The number of carboxylic acids is 1. The van der Waals surface area contributed by atoms with Crippen molar-refractivity contribution >= 4 is 17.7 Å². The molecule has 0 aromatic carbocycles. The summed E-state index contributed by atoms with van der Waals surface area (Å²) >= 11 is 0. The number of hydrogen-bond acceptors (Lipinski definition) is 3. The average molecular weight is 291 g/mol. The van der Waals surface area contributed by atoms with E-state index in [0.717, 1.165) is 24.2 Å². The molecule has 6 nitrogen and oxygen atoms in total. The Hall–Kier alpha value is -2.11. The number of nitrogens with zero attached hydrogens (tertiary/aromatic N) is 1. The molecule has 0 bridgehead atoms. The molecule has 2 unspecified atom stereocenters. The molecule has 0 aliphatic heterocycles. The van der Waals surface area contributed by atoms with Crippen LogP contribution in [0.15, 0.2) is 12.1 Å². The predicted molar refractivity (Wildman–Crippen MR) is 79.2 cm³/mol. The zero-order valence-electron chi connectivity index (χ0n) is 12.3. The molecule has 0 radical (unpaired) electrons. The van der Waals surface area contributed by atoms with E-state index in [4.69, 9.17) is 5.11 Å². The van der Waals surface area contributed by atoms with Gasteiger partial charge in [-0.15, -0.1) is 0 Å². The topological polar surface area (TPSA) is 91.3 Å². The quantitative estimate of drug-likeness (QED) is 0.797. The number of aromatic nitrogens is 1. The summed E-state index contributed by atoms with van der Waals surface area (Å²) in [4.78, 5) is 27.3. The Morgan fingerprint density at radius 3 is 2.71 bits per heavy atom. The van der Waals surface area contributed by atoms with Crippen LogP contribution in [0.4, 0.5) is 10.5 Å². The number of nitrogens with one attached hydrogen (secondary N) is 2. The van der Waals surface area contributed by atoms with Crippen molar-refractivity contribution in [1.29, 1.82) is 0 Å². The summed E-state index contributed by atoms with van der Waals surface area (Å²) in [5.41, 5.74) is 2.33. The van der Waals surface area contributed by atoms with Gasteiger partial charge in [-0.1, -0.05) is 6.42 Å². The third-order valence-corrected chi connectivity index (χ3v) is 3.83. The molecule has 2 atom stereocenters. The molecule has 3 N–H and O–H groups in total. The first-order valence-electron chi connectivity index (χ1n) is 7.20. The lowest BCUT2D eigenvalue weighted by molar-refractivity contribution is -0.143. The number of carbonyl (C=O) groups excluding carboxylic acids is 1. The number of anilines is 1. The molecule has 114 valence electrons. The lowest BCUT2D eigenvalue weighted by Crippen LogP contribution is -2.42. The van der Waals surface area contributed by atoms with Gasteiger partial charge in [0, 0.05) is 11.7 Å². The molecule has 1 fully saturated rings. The van der Waals surface area contributed by atoms with Gasteiger partial charge in [0.25, 0.3) is 0 Å². The number of urea groups is 1. The Morgan fingerprint density at radius 2 is 2.05 bits per heavy atom. The maximum atomic E-state index is 12.0. The van der Waals surface area contributed by atoms with Crippen LogP contribution in [-0.2, 0) is 4.79 Å². The van der Waals surface area contributed by atoms with Crippen molar-refractivity contribution in [2.45, 2.75) is 45.6 Å². The van der Waals surface area contributed by atoms with E-state index in [-0.39, 0.29) is 18.0 Å². The van der Waals surface area contributed by atoms with Crippen LogP contribution in [0.3, 0.4) is 0 Å². The molecule has 0 spiro atoms. The summed E-state index contributed by atoms with van der Waals surface area (Å²) < 4.78 is 0. The van der Waals surface area contributed by atoms with Crippen molar-refractivity contribution in [1.82, 2.24) is 10.3 Å². The summed E-state index contributed by atoms with van der Waals surface area (Å²) in [5.74, 6) is -1.13. The Morgan fingerprint density at radius 1 is 1.29 bits per heavy atom. The molecule has 1 heterocycles. The maximum Gasteiger partial charge on any atom is 0.319 e. The van der Waals surface area contributed by atoms with Gasteiger partial charge in [0.15, 0.2) is 0 Å². The van der Waals surface area contributed by atoms with Crippen LogP contribution in [0.1, 0.15) is 37.1 Å². The van der Waals surface area contributed by atoms with Crippen LogP contribution in [0.5, 0.6) is 0 Å². The fourth-order valence-electron chi connectivity index (χ4n) is 2.71. The molecule has 2 amide bonds. The van der Waals surface area contributed by atoms with E-state index in [2.05, 4.69) is 15.6 Å². The first kappa shape index (κ1) is 15.3. The van der Waals surface area contributed by atoms with Crippen molar-refractivity contribution in [3.05, 3.63) is 23.5 Å². The predicted octanol–water partition coefficient (Wildman–Crippen LogP) is 2.46. The number of pyridine rings is 1. The van der Waals surface area contributed by atoms with E-state index >= 15 is 0 Å². The lowest BCUT2D eigenvalue weighted by Gasteiger charge is -2.27. The van der Waals surface area contributed by atoms with Gasteiger partial charge in [-0.2, -0.15) is 0 Å². The molecule has 6 heteroatoms. The SMILES string of the molecule is Cc1ccc(NC(=O)NC2CCCC(C(=O)O)C2)c(C)n1. The normalized spacial score (nSPS) is 21.6. The fourth-order valence-corrected chi connectivity index (χ4v) is 2.71. The second kappa shape index (κ2) is 6.56. The van der Waals surface area contributed by atoms with Crippen LogP contribution in [0.25, 0.3) is 0 Å². The molecule has 1 aliphatic carbocycles. The van der Waals surface area contributed by atoms with Crippen molar-refractivity contribution in [2.75, 3.05) is 5.32 Å². The first-order chi connectivity index (χ1) is 9.95. The van der Waals surface area contributed by atoms with Crippen LogP contribution < -0.4 is 10.6 Å². The highest BCUT2D eigenvalue weighted by atomic mass is 16.4. The molecule has 21 heavy (non-hydrogen) atoms. The third kappa shape index (κ3) is 4.18. The largest absolute Gasteiger partial charge is 0.481 e. The maximum absolute atomic E-state index is 12.0. The molecule has 1 aromatic heterocycles. The molecule has 1 aliphatic rings. The van der Waals surface area contributed by atoms with Crippen LogP contribution in [-0.4, -0.2) is 28.1 Å². The highest BCUT2D eigenvalue weighted by molar-refractivity contribution is 5.90. The van der Waals surface area contributed by atoms with Crippen molar-refractivity contribution in [2.24, 2.45) is 5.92 Å². The summed E-state index contributed by atoms with van der Waals surface area (Å²) in [6.45, 7) is 3.73. The smallest absolute Gasteiger partial charge is 0.319 e. The van der Waals surface area contributed by atoms with Gasteiger partial charge in [0.05, 0.1) is 17.3 Å². The van der Waals surface area contributed by atoms with Gasteiger partial charge in [-0.3, -0.25) is 9.78 Å². The summed E-state index contributed by atoms with van der Waals surface area (Å²) in [6.07, 6.45) is 2.83. The van der Waals surface area contributed by atoms with Crippen LogP contribution >= 0.6 is 0 Å². The van der Waals surface area contributed by atoms with E-state index in [0.29, 0.717) is 18.5 Å². The van der Waals surface area contributed by atoms with E-state index in [1.54, 1.807) is 0 Å². The Kier molecular flexibility index (Phi) is 4.77. The highest BCUT2D eigenvalue weighted by Gasteiger charge is 2.27. The molecular weight excluding hydrogens is 270 g/mol. The minimum absolute atomic E-state index is 0.0847. The standard InChI is InChI=1S/C15H21N3O3/c1-9-6-7-13(10(2)16-9)18-15(21)17-12-5-3-4-11(8-12)14(19)20/h6-7,11-12H,3-5,8H2,1-2H3,(H,19,20)(H2,17,18,21). The minimum Gasteiger partial charge on any atom is -0.481 e. The third-order valence-electron chi connectivity index (χ3n) is 3.83. The second-order valence-corrected chi connectivity index (χ2v) is 5.58. The van der Waals surface area contributed by atoms with Gasteiger partial charge >= 0.3 is 12.0 Å². The Bertz CT molecular complexity index is 545. The monoisotopic (exact) mass is 291 g/mol. The van der Waals surface area contributed by atoms with Crippen LogP contribution in [0.2, 0.25) is 0 Å². The Labute approximate surface area is 124 Å². The first-order valence-corrected chi connectivity index (χ1v) is 7.20. The molecule has 2 rings (SSSR count). The zero-order chi connectivity index (χ0) is 15.4. The zero-order valence-corrected chi connectivity index (χ0v) is 12.3. The average Bonchev–Trinajstić information content (AvgIpc) is 2.42. The van der Waals surface area contributed by atoms with Crippen molar-refractivity contribution in [3.8, 4) is 0 Å². The molecule has 1 saturated carbocycles. The van der Waals surface area contributed by atoms with Crippen molar-refractivity contribution < 1.29 is 14.7 Å². The fraction of sp³-hybridized carbons (Fsp3) is 0.533. The number of carboxylic acid groups (broad SMARTS) is 1. The number of aryl methyl sites for hydroxylation is 2. The van der Waals surface area contributed by atoms with Gasteiger partial charge in [0.1, 0.15) is 0 Å². The number of amides is 2. The number of aliphatic carboxylic acids is 1. The second-order valence-electron chi connectivity index (χ2n) is 5.58. The number of hydrogen-bond donors (Lipinski definition) is 3. The van der Waals surface area contributed by atoms with Gasteiger partial charge in [-0.05, 0) is 45.2 Å². The number of carbonyl (C=O) groups is 2. The minimum atomic E-state index is -0.777. The van der Waals surface area contributed by atoms with Crippen LogP contribution in [0, 0.1) is 19.8 Å². The van der Waals surface area contributed by atoms with E-state index in [9.17, 15) is 9.59 Å². The summed E-state index contributed by atoms with van der Waals surface area (Å²) in [5, 5.41) is 14.7. The summed E-state index contributed by atoms with van der Waals surface area (Å²) in [7, 11) is 0. The van der Waals surface area contributed by atoms with E-state index in [1.807, 2.05) is 26.0 Å². The molecular formula is C15H21N3O3. The van der Waals surface area contributed by atoms with E-state index < -0.39 is 5.97 Å². The number of rotatable bonds is 3. The summed E-state index contributed by atoms with van der Waals surface area (Å²) in [6, 6.07) is 3.26. The van der Waals surface area contributed by atoms with Gasteiger partial charge in [0.2, 0.25) is 0 Å². The lowest BCUT2D eigenvalue weighted by atomic mass is 9.86. The Balaban J connectivity index is 1.91. The molecule has 1 aromatic rings. The van der Waals surface area contributed by atoms with Crippen molar-refractivity contribution in [3.63, 3.8) is 0 Å². The highest BCUT2D eigenvalue weighted by Crippen LogP contribution is 2.24. The van der Waals surface area contributed by atoms with E-state index in [1.165, 1.54) is 0 Å². The van der Waals surface area contributed by atoms with Gasteiger partial charge < -0.3 is 15.7 Å².